The fourth-order valence-electron chi connectivity index (χ4n) is 9.04. The van der Waals surface area contributed by atoms with Crippen molar-refractivity contribution in [3.63, 3.8) is 0 Å². The molecule has 0 bridgehead atoms. The number of phenolic OH excluding ortho intramolecular Hbond substituents is 5. The number of phenols is 5. The molecular formula is C53H32N4O5S. The van der Waals surface area contributed by atoms with E-state index in [1.54, 1.807) is 23.5 Å². The molecule has 63 heavy (non-hydrogen) atoms. The van der Waals surface area contributed by atoms with Crippen molar-refractivity contribution >= 4 is 74.9 Å². The zero-order chi connectivity index (χ0) is 42.5. The smallest absolute Gasteiger partial charge is 0.208 e. The van der Waals surface area contributed by atoms with E-state index in [0.717, 1.165) is 64.4 Å². The van der Waals surface area contributed by atoms with E-state index >= 15 is 0 Å². The highest BCUT2D eigenvalue weighted by atomic mass is 32.1. The van der Waals surface area contributed by atoms with E-state index in [2.05, 4.69) is 89.5 Å². The summed E-state index contributed by atoms with van der Waals surface area (Å²) in [6, 6.07) is 54.9. The number of thiophene rings is 1. The number of para-hydroxylation sites is 1. The van der Waals surface area contributed by atoms with Crippen molar-refractivity contribution in [2.24, 2.45) is 0 Å². The van der Waals surface area contributed by atoms with Crippen molar-refractivity contribution in [3.05, 3.63) is 164 Å². The fraction of sp³-hybridized carbons (Fsp3) is 0. The van der Waals surface area contributed by atoms with Crippen LogP contribution in [0.4, 0.5) is 0 Å². The number of fused-ring (bicyclic) bond motifs is 9. The van der Waals surface area contributed by atoms with E-state index in [9.17, 15) is 25.5 Å². The minimum Gasteiger partial charge on any atom is -0.504 e. The van der Waals surface area contributed by atoms with Gasteiger partial charge in [0.05, 0.1) is 16.6 Å². The molecule has 9 aromatic carbocycles. The molecule has 0 amide bonds. The second kappa shape index (κ2) is 13.8. The second-order valence-electron chi connectivity index (χ2n) is 15.5. The van der Waals surface area contributed by atoms with E-state index in [4.69, 9.17) is 15.0 Å². The van der Waals surface area contributed by atoms with Gasteiger partial charge in [-0.15, -0.1) is 11.3 Å². The maximum Gasteiger partial charge on any atom is 0.208 e. The molecule has 0 unspecified atom stereocenters. The summed E-state index contributed by atoms with van der Waals surface area (Å²) in [6.45, 7) is 0. The Hall–Kier alpha value is -8.47. The third-order valence-electron chi connectivity index (χ3n) is 12.0. The Kier molecular flexibility index (Phi) is 7.96. The molecular weight excluding hydrogens is 805 g/mol. The maximum atomic E-state index is 11.0. The highest BCUT2D eigenvalue weighted by Crippen LogP contribution is 2.56. The van der Waals surface area contributed by atoms with Crippen LogP contribution in [0, 0.1) is 0 Å². The van der Waals surface area contributed by atoms with Crippen LogP contribution in [0.2, 0.25) is 0 Å². The number of hydrogen-bond donors (Lipinski definition) is 5. The molecule has 0 aliphatic carbocycles. The first-order chi connectivity index (χ1) is 30.8. The third-order valence-corrected chi connectivity index (χ3v) is 13.2. The summed E-state index contributed by atoms with van der Waals surface area (Å²) in [5, 5.41) is 61.4. The van der Waals surface area contributed by atoms with Crippen molar-refractivity contribution in [1.82, 2.24) is 19.5 Å². The van der Waals surface area contributed by atoms with Crippen LogP contribution in [0.15, 0.2) is 164 Å². The fourth-order valence-corrected chi connectivity index (χ4v) is 10.2. The van der Waals surface area contributed by atoms with Crippen LogP contribution in [-0.2, 0) is 0 Å². The largest absolute Gasteiger partial charge is 0.504 e. The molecule has 9 nitrogen and oxygen atoms in total. The van der Waals surface area contributed by atoms with Crippen LogP contribution in [0.25, 0.3) is 115 Å². The molecule has 0 aliphatic heterocycles. The van der Waals surface area contributed by atoms with Gasteiger partial charge in [0.2, 0.25) is 17.2 Å². The van der Waals surface area contributed by atoms with Crippen molar-refractivity contribution in [2.45, 2.75) is 0 Å². The Bertz CT molecular complexity index is 3850. The zero-order valence-corrected chi connectivity index (χ0v) is 33.8. The van der Waals surface area contributed by atoms with Crippen LogP contribution in [0.1, 0.15) is 0 Å². The van der Waals surface area contributed by atoms with Crippen molar-refractivity contribution in [1.29, 1.82) is 0 Å². The first-order valence-corrected chi connectivity index (χ1v) is 21.0. The Morgan fingerprint density at radius 2 is 1.02 bits per heavy atom. The van der Waals surface area contributed by atoms with Gasteiger partial charge in [0, 0.05) is 53.3 Å². The lowest BCUT2D eigenvalue weighted by atomic mass is 9.96. The summed E-state index contributed by atoms with van der Waals surface area (Å²) >= 11 is 1.68. The van der Waals surface area contributed by atoms with Gasteiger partial charge in [-0.3, -0.25) is 0 Å². The van der Waals surface area contributed by atoms with Gasteiger partial charge in [0.15, 0.2) is 29.0 Å². The lowest BCUT2D eigenvalue weighted by molar-refractivity contribution is 0.330. The number of benzene rings is 9. The summed E-state index contributed by atoms with van der Waals surface area (Å²) in [4.78, 5) is 15.3. The Labute approximate surface area is 361 Å². The first kappa shape index (κ1) is 36.4. The molecule has 0 saturated carbocycles. The number of nitrogens with zero attached hydrogens (tertiary/aromatic N) is 4. The van der Waals surface area contributed by atoms with Gasteiger partial charge in [-0.25, -0.2) is 15.0 Å². The molecule has 3 aromatic heterocycles. The topological polar surface area (TPSA) is 145 Å². The van der Waals surface area contributed by atoms with Gasteiger partial charge < -0.3 is 30.1 Å². The third kappa shape index (κ3) is 5.52. The number of aromatic hydroxyl groups is 5. The molecule has 3 heterocycles. The minimum atomic E-state index is -1.01. The molecule has 0 aliphatic rings. The number of hydrogen-bond acceptors (Lipinski definition) is 9. The lowest BCUT2D eigenvalue weighted by Crippen LogP contribution is -2.00. The molecule has 0 saturated heterocycles. The van der Waals surface area contributed by atoms with Gasteiger partial charge in [0.1, 0.15) is 0 Å². The van der Waals surface area contributed by atoms with E-state index in [0.29, 0.717) is 28.4 Å². The number of aromatic nitrogens is 4. The van der Waals surface area contributed by atoms with E-state index in [-0.39, 0.29) is 5.56 Å². The molecule has 10 heteroatoms. The van der Waals surface area contributed by atoms with E-state index < -0.39 is 28.7 Å². The molecule has 0 spiro atoms. The van der Waals surface area contributed by atoms with Crippen molar-refractivity contribution < 1.29 is 25.5 Å². The summed E-state index contributed by atoms with van der Waals surface area (Å²) < 4.78 is 4.23. The SMILES string of the molecule is Oc1c(O)c(O)c(-c2cccc3c2c2ccccc2n3-c2ccc3sc4c(-c5nc(-c6ccccc6)nc(-c6ccc7c(ccc8ccccc87)c6)n5)cccc4c3c2)c(O)c1O. The maximum absolute atomic E-state index is 11.0. The summed E-state index contributed by atoms with van der Waals surface area (Å²) in [5.74, 6) is -2.62. The predicted molar refractivity (Wildman–Crippen MR) is 252 cm³/mol. The molecule has 0 fully saturated rings. The standard InChI is InChI=1S/C53H32N4O5S/c58-45-44(46(59)48(61)49(62)47(45)60)37-16-9-19-41-43(37)36-14-6-7-18-40(36)57(41)32-23-25-42-39(27-32)35-15-8-17-38(50(35)63-42)53-55-51(29-11-2-1-3-12-29)54-52(56-53)31-22-24-34-30(26-31)21-20-28-10-4-5-13-33(28)34/h1-27,58-62H. The van der Waals surface area contributed by atoms with Gasteiger partial charge in [-0.05, 0) is 69.6 Å². The van der Waals surface area contributed by atoms with Crippen LogP contribution < -0.4 is 0 Å². The average molecular weight is 837 g/mol. The normalized spacial score (nSPS) is 11.8. The predicted octanol–water partition coefficient (Wildman–Crippen LogP) is 12.8. The average Bonchev–Trinajstić information content (AvgIpc) is 3.88. The van der Waals surface area contributed by atoms with E-state index in [1.807, 2.05) is 66.7 Å². The highest BCUT2D eigenvalue weighted by Gasteiger charge is 2.27. The molecule has 300 valence electrons. The minimum absolute atomic E-state index is 0.200. The zero-order valence-electron chi connectivity index (χ0n) is 33.0. The Morgan fingerprint density at radius 1 is 0.397 bits per heavy atom. The Morgan fingerprint density at radius 3 is 1.84 bits per heavy atom. The molecule has 12 aromatic rings. The van der Waals surface area contributed by atoms with Crippen LogP contribution >= 0.6 is 11.3 Å². The molecule has 0 atom stereocenters. The molecule has 5 N–H and O–H groups in total. The highest BCUT2D eigenvalue weighted by molar-refractivity contribution is 7.26. The van der Waals surface area contributed by atoms with Gasteiger partial charge in [-0.1, -0.05) is 121 Å². The summed E-state index contributed by atoms with van der Waals surface area (Å²) in [5.41, 5.74) is 5.33. The molecule has 0 radical (unpaired) electrons. The second-order valence-corrected chi connectivity index (χ2v) is 16.6. The monoisotopic (exact) mass is 836 g/mol. The first-order valence-electron chi connectivity index (χ1n) is 20.2. The molecule has 12 rings (SSSR count). The van der Waals surface area contributed by atoms with Gasteiger partial charge in [0.25, 0.3) is 0 Å². The quantitative estimate of drug-likeness (QED) is 0.0655. The van der Waals surface area contributed by atoms with Crippen molar-refractivity contribution in [2.75, 3.05) is 0 Å². The lowest BCUT2D eigenvalue weighted by Gasteiger charge is -2.14. The summed E-state index contributed by atoms with van der Waals surface area (Å²) in [7, 11) is 0. The van der Waals surface area contributed by atoms with Crippen molar-refractivity contribution in [3.8, 4) is 79.7 Å². The van der Waals surface area contributed by atoms with Crippen LogP contribution in [-0.4, -0.2) is 45.1 Å². The number of rotatable bonds is 5. The van der Waals surface area contributed by atoms with Crippen LogP contribution in [0.3, 0.4) is 0 Å². The Balaban J connectivity index is 1.03. The van der Waals surface area contributed by atoms with E-state index in [1.165, 1.54) is 16.2 Å². The summed E-state index contributed by atoms with van der Waals surface area (Å²) in [6.07, 6.45) is 0. The van der Waals surface area contributed by atoms with Crippen LogP contribution in [0.5, 0.6) is 28.7 Å². The van der Waals surface area contributed by atoms with Gasteiger partial charge in [-0.2, -0.15) is 0 Å². The van der Waals surface area contributed by atoms with Gasteiger partial charge >= 0.3 is 0 Å².